The number of nitrogens with one attached hydrogen (secondary N) is 1. The van der Waals surface area contributed by atoms with Gasteiger partial charge in [-0.15, -0.1) is 0 Å². The van der Waals surface area contributed by atoms with Crippen molar-refractivity contribution in [3.8, 4) is 0 Å². The molecule has 2 aromatic carbocycles. The van der Waals surface area contributed by atoms with Crippen LogP contribution in [-0.2, 0) is 10.0 Å². The van der Waals surface area contributed by atoms with Crippen molar-refractivity contribution in [1.29, 1.82) is 0 Å². The molecule has 0 atom stereocenters. The largest absolute Gasteiger partial charge is 0.289 e. The van der Waals surface area contributed by atoms with Crippen molar-refractivity contribution in [3.63, 3.8) is 0 Å². The maximum Gasteiger partial charge on any atom is 0.289 e. The number of anilines is 1. The fourth-order valence-electron chi connectivity index (χ4n) is 1.92. The highest BCUT2D eigenvalue weighted by Gasteiger charge is 2.22. The predicted molar refractivity (Wildman–Crippen MR) is 80.7 cm³/mol. The maximum absolute atomic E-state index is 12.5. The Morgan fingerprint density at radius 2 is 2.00 bits per heavy atom. The predicted octanol–water partition coefficient (Wildman–Crippen LogP) is 2.59. The third kappa shape index (κ3) is 2.81. The molecule has 118 valence electrons. The number of hydrogen-bond acceptors (Lipinski definition) is 7. The van der Waals surface area contributed by atoms with E-state index in [0.29, 0.717) is 0 Å². The topological polar surface area (TPSA) is 128 Å². The highest BCUT2D eigenvalue weighted by molar-refractivity contribution is 7.93. The number of fused-ring (bicyclic) bond motifs is 1. The van der Waals surface area contributed by atoms with E-state index in [2.05, 4.69) is 19.7 Å². The summed E-state index contributed by atoms with van der Waals surface area (Å²) in [5, 5.41) is 17.9. The molecular weight excluding hydrogens is 348 g/mol. The molecular formula is C12H7ClN4O5S. The zero-order valence-electron chi connectivity index (χ0n) is 11.1. The Labute approximate surface area is 134 Å². The normalized spacial score (nSPS) is 11.5. The van der Waals surface area contributed by atoms with Crippen molar-refractivity contribution < 1.29 is 18.0 Å². The van der Waals surface area contributed by atoms with E-state index in [9.17, 15) is 18.5 Å². The summed E-state index contributed by atoms with van der Waals surface area (Å²) in [5.74, 6) is 0. The number of aromatic nitrogens is 2. The van der Waals surface area contributed by atoms with Crippen molar-refractivity contribution in [2.45, 2.75) is 4.90 Å². The van der Waals surface area contributed by atoms with Crippen LogP contribution >= 0.6 is 11.6 Å². The van der Waals surface area contributed by atoms with Crippen molar-refractivity contribution >= 4 is 44.0 Å². The molecule has 0 radical (unpaired) electrons. The highest BCUT2D eigenvalue weighted by atomic mass is 35.5. The average Bonchev–Trinajstić information content (AvgIpc) is 2.96. The summed E-state index contributed by atoms with van der Waals surface area (Å²) in [6.45, 7) is 0. The van der Waals surface area contributed by atoms with Crippen molar-refractivity contribution in [2.24, 2.45) is 0 Å². The summed E-state index contributed by atoms with van der Waals surface area (Å²) in [6, 6.07) is 7.91. The Balaban J connectivity index is 2.04. The van der Waals surface area contributed by atoms with Gasteiger partial charge in [0.1, 0.15) is 15.4 Å². The third-order valence-corrected chi connectivity index (χ3v) is 4.67. The Kier molecular flexibility index (Phi) is 3.62. The fraction of sp³-hybridized carbons (Fsp3) is 0. The van der Waals surface area contributed by atoms with E-state index in [1.807, 2.05) is 0 Å². The van der Waals surface area contributed by atoms with Crippen LogP contribution in [0.5, 0.6) is 0 Å². The monoisotopic (exact) mass is 354 g/mol. The first kappa shape index (κ1) is 15.2. The second-order valence-corrected chi connectivity index (χ2v) is 6.47. The van der Waals surface area contributed by atoms with Crippen LogP contribution in [-0.4, -0.2) is 23.7 Å². The Bertz CT molecular complexity index is 1020. The molecule has 0 unspecified atom stereocenters. The molecule has 1 heterocycles. The van der Waals surface area contributed by atoms with Crippen LogP contribution in [0, 0.1) is 10.1 Å². The van der Waals surface area contributed by atoms with Crippen LogP contribution in [0.1, 0.15) is 0 Å². The van der Waals surface area contributed by atoms with E-state index in [4.69, 9.17) is 11.6 Å². The molecule has 0 fully saturated rings. The molecule has 0 saturated heterocycles. The van der Waals surface area contributed by atoms with Gasteiger partial charge in [-0.1, -0.05) is 17.7 Å². The maximum atomic E-state index is 12.5. The van der Waals surface area contributed by atoms with Crippen molar-refractivity contribution in [1.82, 2.24) is 10.3 Å². The number of hydrogen-bond donors (Lipinski definition) is 1. The molecule has 0 amide bonds. The lowest BCUT2D eigenvalue weighted by Gasteiger charge is -2.08. The first-order valence-corrected chi connectivity index (χ1v) is 7.92. The minimum absolute atomic E-state index is 0.00504. The number of halogens is 1. The Hall–Kier alpha value is -2.72. The van der Waals surface area contributed by atoms with Crippen molar-refractivity contribution in [3.05, 3.63) is 51.5 Å². The van der Waals surface area contributed by atoms with Crippen molar-refractivity contribution in [2.75, 3.05) is 4.72 Å². The lowest BCUT2D eigenvalue weighted by Crippen LogP contribution is -2.13. The van der Waals surface area contributed by atoms with Gasteiger partial charge in [0, 0.05) is 6.07 Å². The summed E-state index contributed by atoms with van der Waals surface area (Å²) in [6.07, 6.45) is 0. The molecule has 3 rings (SSSR count). The molecule has 0 spiro atoms. The van der Waals surface area contributed by atoms with Gasteiger partial charge in [-0.2, -0.15) is 0 Å². The van der Waals surface area contributed by atoms with E-state index >= 15 is 0 Å². The van der Waals surface area contributed by atoms with E-state index in [-0.39, 0.29) is 26.6 Å². The second kappa shape index (κ2) is 5.48. The number of nitro groups is 1. The fourth-order valence-corrected chi connectivity index (χ4v) is 3.31. The van der Waals surface area contributed by atoms with Crippen LogP contribution in [0.3, 0.4) is 0 Å². The first-order valence-electron chi connectivity index (χ1n) is 6.06. The molecule has 0 aliphatic heterocycles. The average molecular weight is 355 g/mol. The van der Waals surface area contributed by atoms with Gasteiger partial charge in [0.2, 0.25) is 0 Å². The van der Waals surface area contributed by atoms with Gasteiger partial charge in [-0.3, -0.25) is 14.8 Å². The van der Waals surface area contributed by atoms with Crippen LogP contribution < -0.4 is 4.72 Å². The second-order valence-electron chi connectivity index (χ2n) is 4.42. The smallest absolute Gasteiger partial charge is 0.279 e. The first-order chi connectivity index (χ1) is 10.9. The molecule has 23 heavy (non-hydrogen) atoms. The molecule has 0 aliphatic carbocycles. The summed E-state index contributed by atoms with van der Waals surface area (Å²) < 4.78 is 31.7. The van der Waals surface area contributed by atoms with Gasteiger partial charge < -0.3 is 0 Å². The number of nitrogens with zero attached hydrogens (tertiary/aromatic N) is 3. The molecule has 11 heteroatoms. The van der Waals surface area contributed by atoms with Gasteiger partial charge in [0.25, 0.3) is 15.7 Å². The van der Waals surface area contributed by atoms with Gasteiger partial charge >= 0.3 is 0 Å². The van der Waals surface area contributed by atoms with Crippen LogP contribution in [0.25, 0.3) is 11.0 Å². The molecule has 0 bridgehead atoms. The summed E-state index contributed by atoms with van der Waals surface area (Å²) >= 11 is 5.69. The zero-order chi connectivity index (χ0) is 16.6. The lowest BCUT2D eigenvalue weighted by atomic mass is 10.3. The van der Waals surface area contributed by atoms with Gasteiger partial charge in [-0.25, -0.2) is 13.0 Å². The molecule has 9 nitrogen and oxygen atoms in total. The molecule has 0 aliphatic rings. The molecule has 0 saturated carbocycles. The third-order valence-electron chi connectivity index (χ3n) is 2.93. The van der Waals surface area contributed by atoms with E-state index < -0.39 is 20.6 Å². The van der Waals surface area contributed by atoms with E-state index in [1.54, 1.807) is 0 Å². The number of rotatable bonds is 4. The standard InChI is InChI=1S/C12H7ClN4O5S/c13-8-5-4-7(6-10(8)17(18)19)16-23(20,21)11-3-1-2-9-12(11)15-22-14-9/h1-6,16H. The quantitative estimate of drug-likeness (QED) is 0.563. The van der Waals surface area contributed by atoms with Crippen LogP contribution in [0.2, 0.25) is 5.02 Å². The summed E-state index contributed by atoms with van der Waals surface area (Å²) in [4.78, 5) is 10.00. The van der Waals surface area contributed by atoms with E-state index in [0.717, 1.165) is 6.07 Å². The Morgan fingerprint density at radius 1 is 1.22 bits per heavy atom. The molecule has 1 aromatic heterocycles. The highest BCUT2D eigenvalue weighted by Crippen LogP contribution is 2.29. The summed E-state index contributed by atoms with van der Waals surface area (Å²) in [7, 11) is -4.04. The minimum Gasteiger partial charge on any atom is -0.279 e. The number of sulfonamides is 1. The van der Waals surface area contributed by atoms with Gasteiger partial charge in [0.15, 0.2) is 5.52 Å². The van der Waals surface area contributed by atoms with Gasteiger partial charge in [0.05, 0.1) is 10.6 Å². The zero-order valence-corrected chi connectivity index (χ0v) is 12.7. The SMILES string of the molecule is O=[N+]([O-])c1cc(NS(=O)(=O)c2cccc3nonc23)ccc1Cl. The number of benzene rings is 2. The van der Waals surface area contributed by atoms with Gasteiger partial charge in [-0.05, 0) is 34.6 Å². The number of nitro benzene ring substituents is 1. The molecule has 3 aromatic rings. The molecule has 1 N–H and O–H groups in total. The van der Waals surface area contributed by atoms with E-state index in [1.165, 1.54) is 30.3 Å². The minimum atomic E-state index is -4.04. The summed E-state index contributed by atoms with van der Waals surface area (Å²) in [5.41, 5.74) is -0.0823. The van der Waals surface area contributed by atoms with Crippen LogP contribution in [0.15, 0.2) is 45.9 Å². The lowest BCUT2D eigenvalue weighted by molar-refractivity contribution is -0.384. The Morgan fingerprint density at radius 3 is 2.74 bits per heavy atom. The van der Waals surface area contributed by atoms with Crippen LogP contribution in [0.4, 0.5) is 11.4 Å².